The first-order valence-electron chi connectivity index (χ1n) is 8.34. The third-order valence-corrected chi connectivity index (χ3v) is 7.01. The molecule has 0 radical (unpaired) electrons. The number of carbonyl (C=O) groups is 1. The molecule has 2 bridgehead atoms. The summed E-state index contributed by atoms with van der Waals surface area (Å²) in [5.41, 5.74) is 0. The van der Waals surface area contributed by atoms with Gasteiger partial charge in [0.1, 0.15) is 11.5 Å². The fourth-order valence-corrected chi connectivity index (χ4v) is 5.84. The molecule has 2 atom stereocenters. The van der Waals surface area contributed by atoms with Crippen LogP contribution in [0.15, 0.2) is 30.3 Å². The summed E-state index contributed by atoms with van der Waals surface area (Å²) in [5, 5.41) is 0.559. The fourth-order valence-electron chi connectivity index (χ4n) is 3.65. The Morgan fingerprint density at radius 1 is 1.14 bits per heavy atom. The summed E-state index contributed by atoms with van der Waals surface area (Å²) < 4.78 is 17.8. The van der Waals surface area contributed by atoms with Gasteiger partial charge >= 0.3 is 0 Å². The lowest BCUT2D eigenvalue weighted by molar-refractivity contribution is -0.123. The van der Waals surface area contributed by atoms with E-state index < -0.39 is 10.8 Å². The van der Waals surface area contributed by atoms with Gasteiger partial charge in [-0.25, -0.2) is 0 Å². The Labute approximate surface area is 134 Å². The maximum absolute atomic E-state index is 12.4. The van der Waals surface area contributed by atoms with Gasteiger partial charge in [0.15, 0.2) is 0 Å². The highest BCUT2D eigenvalue weighted by Gasteiger charge is 2.39. The van der Waals surface area contributed by atoms with Crippen molar-refractivity contribution < 1.29 is 13.7 Å². The number of hydrogen-bond acceptors (Lipinski definition) is 3. The van der Waals surface area contributed by atoms with Gasteiger partial charge in [-0.3, -0.25) is 9.00 Å². The van der Waals surface area contributed by atoms with Crippen LogP contribution in [0.25, 0.3) is 0 Å². The predicted molar refractivity (Wildman–Crippen MR) is 88.5 cm³/mol. The van der Waals surface area contributed by atoms with Crippen LogP contribution in [0.1, 0.15) is 44.9 Å². The van der Waals surface area contributed by atoms with Crippen molar-refractivity contribution in [1.29, 1.82) is 0 Å². The number of Topliss-reactive ketones (excluding diaryl/α,β-unsaturated/α-hetero) is 1. The molecule has 3 rings (SSSR count). The second kappa shape index (κ2) is 7.40. The van der Waals surface area contributed by atoms with E-state index in [-0.39, 0.29) is 16.4 Å². The van der Waals surface area contributed by atoms with Gasteiger partial charge in [-0.05, 0) is 44.2 Å². The van der Waals surface area contributed by atoms with Crippen molar-refractivity contribution in [2.75, 3.05) is 6.61 Å². The van der Waals surface area contributed by atoms with E-state index in [2.05, 4.69) is 0 Å². The van der Waals surface area contributed by atoms with Gasteiger partial charge in [0.2, 0.25) is 0 Å². The molecule has 0 aromatic heterocycles. The van der Waals surface area contributed by atoms with E-state index in [4.69, 9.17) is 4.74 Å². The average Bonchev–Trinajstić information content (AvgIpc) is 2.52. The summed E-state index contributed by atoms with van der Waals surface area (Å²) in [5.74, 6) is 1.35. The molecule has 22 heavy (non-hydrogen) atoms. The lowest BCUT2D eigenvalue weighted by Crippen LogP contribution is -2.41. The number of carbonyl (C=O) groups excluding carboxylic acids is 1. The third kappa shape index (κ3) is 3.78. The van der Waals surface area contributed by atoms with Crippen LogP contribution in [0.3, 0.4) is 0 Å². The van der Waals surface area contributed by atoms with Crippen molar-refractivity contribution in [2.45, 2.75) is 55.4 Å². The molecule has 2 fully saturated rings. The van der Waals surface area contributed by atoms with E-state index in [0.717, 1.165) is 37.9 Å². The summed E-state index contributed by atoms with van der Waals surface area (Å²) in [7, 11) is -0.682. The molecule has 4 heteroatoms. The SMILES string of the molecule is O=C(CCCOc1ccccc1)C1CC2CCCC(C1)S2=O. The average molecular weight is 320 g/mol. The Balaban J connectivity index is 1.42. The zero-order valence-electron chi connectivity index (χ0n) is 12.9. The lowest BCUT2D eigenvalue weighted by atomic mass is 9.85. The number of fused-ring (bicyclic) bond motifs is 2. The molecule has 0 saturated carbocycles. The highest BCUT2D eigenvalue weighted by molar-refractivity contribution is 7.86. The van der Waals surface area contributed by atoms with E-state index >= 15 is 0 Å². The molecule has 1 aromatic rings. The second-order valence-corrected chi connectivity index (χ2v) is 8.39. The molecular weight excluding hydrogens is 296 g/mol. The molecule has 120 valence electrons. The largest absolute Gasteiger partial charge is 0.494 e. The Bertz CT molecular complexity index is 512. The minimum absolute atomic E-state index is 0.143. The number of para-hydroxylation sites is 1. The molecular formula is C18H24O3S. The van der Waals surface area contributed by atoms with Gasteiger partial charge in [0.05, 0.1) is 6.61 Å². The third-order valence-electron chi connectivity index (χ3n) is 4.84. The van der Waals surface area contributed by atoms with Gasteiger partial charge in [0.25, 0.3) is 0 Å². The van der Waals surface area contributed by atoms with Crippen molar-refractivity contribution in [3.63, 3.8) is 0 Å². The highest BCUT2D eigenvalue weighted by atomic mass is 32.2. The van der Waals surface area contributed by atoms with Gasteiger partial charge in [0, 0.05) is 33.6 Å². The summed E-state index contributed by atoms with van der Waals surface area (Å²) in [4.78, 5) is 12.4. The van der Waals surface area contributed by atoms with Crippen molar-refractivity contribution in [3.05, 3.63) is 30.3 Å². The van der Waals surface area contributed by atoms with Crippen LogP contribution in [0, 0.1) is 5.92 Å². The van der Waals surface area contributed by atoms with Gasteiger partial charge < -0.3 is 4.74 Å². The number of benzene rings is 1. The smallest absolute Gasteiger partial charge is 0.136 e. The Morgan fingerprint density at radius 2 is 1.82 bits per heavy atom. The first-order valence-corrected chi connectivity index (χ1v) is 9.61. The fraction of sp³-hybridized carbons (Fsp3) is 0.611. The van der Waals surface area contributed by atoms with Crippen LogP contribution in [0.5, 0.6) is 5.75 Å². The summed E-state index contributed by atoms with van der Waals surface area (Å²) in [6, 6.07) is 9.71. The maximum atomic E-state index is 12.4. The first kappa shape index (κ1) is 15.7. The van der Waals surface area contributed by atoms with E-state index in [1.807, 2.05) is 30.3 Å². The van der Waals surface area contributed by atoms with Gasteiger partial charge in [-0.2, -0.15) is 0 Å². The summed E-state index contributed by atoms with van der Waals surface area (Å²) in [6.07, 6.45) is 6.33. The molecule has 3 nitrogen and oxygen atoms in total. The highest BCUT2D eigenvalue weighted by Crippen LogP contribution is 2.37. The van der Waals surface area contributed by atoms with E-state index in [1.165, 1.54) is 6.42 Å². The maximum Gasteiger partial charge on any atom is 0.136 e. The Kier molecular flexibility index (Phi) is 5.29. The van der Waals surface area contributed by atoms with E-state index in [1.54, 1.807) is 0 Å². The number of ketones is 1. The topological polar surface area (TPSA) is 43.4 Å². The molecule has 2 aliphatic rings. The quantitative estimate of drug-likeness (QED) is 0.754. The van der Waals surface area contributed by atoms with Crippen LogP contribution in [0.4, 0.5) is 0 Å². The van der Waals surface area contributed by atoms with Crippen molar-refractivity contribution in [2.24, 2.45) is 5.92 Å². The minimum atomic E-state index is -0.682. The van der Waals surface area contributed by atoms with Crippen LogP contribution in [-0.2, 0) is 15.6 Å². The molecule has 0 N–H and O–H groups in total. The molecule has 2 saturated heterocycles. The zero-order chi connectivity index (χ0) is 15.4. The predicted octanol–water partition coefficient (Wildman–Crippen LogP) is 3.49. The van der Waals surface area contributed by atoms with Crippen LogP contribution < -0.4 is 4.74 Å². The summed E-state index contributed by atoms with van der Waals surface area (Å²) in [6.45, 7) is 0.585. The lowest BCUT2D eigenvalue weighted by Gasteiger charge is -2.37. The van der Waals surface area contributed by atoms with Crippen molar-refractivity contribution >= 4 is 16.6 Å². The first-order chi connectivity index (χ1) is 10.7. The van der Waals surface area contributed by atoms with E-state index in [9.17, 15) is 9.00 Å². The molecule has 1 aromatic carbocycles. The standard InChI is InChI=1S/C18H24O3S/c19-18(10-5-11-21-15-6-2-1-3-7-15)14-12-16-8-4-9-17(13-14)22(16)20/h1-3,6-7,14,16-17H,4-5,8-13H2. The number of ether oxygens (including phenoxy) is 1. The van der Waals surface area contributed by atoms with Crippen LogP contribution in [-0.4, -0.2) is 27.1 Å². The van der Waals surface area contributed by atoms with Crippen LogP contribution >= 0.6 is 0 Å². The molecule has 2 aliphatic heterocycles. The minimum Gasteiger partial charge on any atom is -0.494 e. The van der Waals surface area contributed by atoms with Crippen molar-refractivity contribution in [3.8, 4) is 5.75 Å². The van der Waals surface area contributed by atoms with E-state index in [0.29, 0.717) is 18.8 Å². The van der Waals surface area contributed by atoms with Gasteiger partial charge in [-0.1, -0.05) is 24.6 Å². The molecule has 0 spiro atoms. The molecule has 2 heterocycles. The monoisotopic (exact) mass is 320 g/mol. The normalized spacial score (nSPS) is 30.7. The second-order valence-electron chi connectivity index (χ2n) is 6.40. The molecule has 0 amide bonds. The van der Waals surface area contributed by atoms with Crippen molar-refractivity contribution in [1.82, 2.24) is 0 Å². The Morgan fingerprint density at radius 3 is 2.50 bits per heavy atom. The van der Waals surface area contributed by atoms with Gasteiger partial charge in [-0.15, -0.1) is 0 Å². The summed E-state index contributed by atoms with van der Waals surface area (Å²) >= 11 is 0. The Hall–Kier alpha value is -1.16. The zero-order valence-corrected chi connectivity index (χ0v) is 13.7. The number of hydrogen-bond donors (Lipinski definition) is 0. The van der Waals surface area contributed by atoms with Crippen LogP contribution in [0.2, 0.25) is 0 Å². The molecule has 2 unspecified atom stereocenters. The number of rotatable bonds is 6. The molecule has 0 aliphatic carbocycles.